The van der Waals surface area contributed by atoms with E-state index in [9.17, 15) is 0 Å². The first-order valence-electron chi connectivity index (χ1n) is 19.4. The maximum absolute atomic E-state index is 3.50. The highest BCUT2D eigenvalue weighted by molar-refractivity contribution is 5.96. The van der Waals surface area contributed by atoms with Crippen molar-refractivity contribution in [3.8, 4) is 11.1 Å². The van der Waals surface area contributed by atoms with E-state index in [2.05, 4.69) is 197 Å². The number of nitrogens with one attached hydrogen (secondary N) is 1. The van der Waals surface area contributed by atoms with E-state index >= 15 is 0 Å². The molecule has 6 aromatic rings. The molecule has 0 fully saturated rings. The molecule has 55 heavy (non-hydrogen) atoms. The van der Waals surface area contributed by atoms with Gasteiger partial charge in [-0.05, 0) is 114 Å². The molecule has 0 aromatic heterocycles. The van der Waals surface area contributed by atoms with E-state index in [0.29, 0.717) is 0 Å². The molecule has 4 aliphatic rings. The fourth-order valence-electron chi connectivity index (χ4n) is 9.96. The number of hydrogen-bond acceptors (Lipinski definition) is 1. The van der Waals surface area contributed by atoms with E-state index in [1.165, 1.54) is 83.5 Å². The van der Waals surface area contributed by atoms with Crippen LogP contribution in [0.2, 0.25) is 0 Å². The second-order valence-corrected chi connectivity index (χ2v) is 16.3. The summed E-state index contributed by atoms with van der Waals surface area (Å²) >= 11 is 0. The average molecular weight is 706 g/mol. The Balaban J connectivity index is 1.10. The van der Waals surface area contributed by atoms with Crippen molar-refractivity contribution in [2.24, 2.45) is 0 Å². The van der Waals surface area contributed by atoms with Crippen LogP contribution in [-0.4, -0.2) is 0 Å². The minimum atomic E-state index is -0.470. The Morgan fingerprint density at radius 1 is 0.527 bits per heavy atom. The third-order valence-corrected chi connectivity index (χ3v) is 12.7. The van der Waals surface area contributed by atoms with Gasteiger partial charge in [-0.3, -0.25) is 0 Å². The number of benzene rings is 6. The van der Waals surface area contributed by atoms with Crippen LogP contribution in [0.3, 0.4) is 0 Å². The summed E-state index contributed by atoms with van der Waals surface area (Å²) in [6, 6.07) is 53.8. The van der Waals surface area contributed by atoms with Crippen LogP contribution in [0.1, 0.15) is 77.8 Å². The smallest absolute Gasteiger partial charge is 0.0719 e. The van der Waals surface area contributed by atoms with Gasteiger partial charge in [0, 0.05) is 22.7 Å². The zero-order chi connectivity index (χ0) is 37.4. The lowest BCUT2D eigenvalue weighted by Crippen LogP contribution is -2.30. The first-order chi connectivity index (χ1) is 26.8. The van der Waals surface area contributed by atoms with Crippen LogP contribution in [0, 0.1) is 0 Å². The molecule has 0 saturated carbocycles. The molecule has 1 nitrogen and oxygen atoms in total. The highest BCUT2D eigenvalue weighted by atomic mass is 14.8. The molecule has 4 aliphatic carbocycles. The molecule has 0 amide bonds. The zero-order valence-electron chi connectivity index (χ0n) is 31.8. The Morgan fingerprint density at radius 3 is 1.91 bits per heavy atom. The van der Waals surface area contributed by atoms with Gasteiger partial charge in [0.2, 0.25) is 0 Å². The maximum Gasteiger partial charge on any atom is 0.0719 e. The monoisotopic (exact) mass is 705 g/mol. The summed E-state index contributed by atoms with van der Waals surface area (Å²) in [5, 5.41) is 3.42. The molecule has 0 bridgehead atoms. The highest BCUT2D eigenvalue weighted by Gasteiger charge is 2.48. The standard InChI is InChI=1S/C54H43N/c1-52(2)46-23-11-8-18-40(46)44(22-15-33-55-39-16-6-5-7-17-39)50(52)34-36-27-29-37(30-28-36)54(48-25-13-10-20-42(48)43-21-14-26-49(43)54)38-31-32-45-41-19-9-12-24-47(41)53(3,4)51(45)35-38/h5-13,15-35,55H,1-4H3/b33-15+,44-22-,50-34+. The number of hydrogen-bond donors (Lipinski definition) is 1. The number of fused-ring (bicyclic) bond motifs is 6. The quantitative estimate of drug-likeness (QED) is 0.170. The first kappa shape index (κ1) is 33.2. The largest absolute Gasteiger partial charge is 0.362 e. The summed E-state index contributed by atoms with van der Waals surface area (Å²) in [5.41, 5.74) is 23.6. The average Bonchev–Trinajstić information content (AvgIpc) is 3.92. The Bertz CT molecular complexity index is 2740. The fraction of sp³-hybridized carbons (Fsp3) is 0.130. The second kappa shape index (κ2) is 12.3. The van der Waals surface area contributed by atoms with E-state index in [-0.39, 0.29) is 10.8 Å². The van der Waals surface area contributed by atoms with Gasteiger partial charge in [0.25, 0.3) is 0 Å². The zero-order valence-corrected chi connectivity index (χ0v) is 31.8. The molecule has 0 spiro atoms. The predicted molar refractivity (Wildman–Crippen MR) is 231 cm³/mol. The lowest BCUT2D eigenvalue weighted by molar-refractivity contribution is 0.655. The molecule has 1 N–H and O–H groups in total. The van der Waals surface area contributed by atoms with Crippen molar-refractivity contribution in [2.45, 2.75) is 43.9 Å². The maximum atomic E-state index is 3.50. The minimum absolute atomic E-state index is 0.0953. The van der Waals surface area contributed by atoms with Gasteiger partial charge < -0.3 is 5.32 Å². The van der Waals surface area contributed by atoms with Crippen molar-refractivity contribution in [3.63, 3.8) is 0 Å². The van der Waals surface area contributed by atoms with E-state index in [1.807, 2.05) is 24.4 Å². The Labute approximate surface area is 325 Å². The predicted octanol–water partition coefficient (Wildman–Crippen LogP) is 13.2. The summed E-state index contributed by atoms with van der Waals surface area (Å²) in [7, 11) is 0. The second-order valence-electron chi connectivity index (χ2n) is 16.3. The Morgan fingerprint density at radius 2 is 1.15 bits per heavy atom. The number of allylic oxidation sites excluding steroid dienone is 7. The fourth-order valence-corrected chi connectivity index (χ4v) is 9.96. The lowest BCUT2D eigenvalue weighted by atomic mass is 9.66. The summed E-state index contributed by atoms with van der Waals surface area (Å²) < 4.78 is 0. The van der Waals surface area contributed by atoms with Gasteiger partial charge in [0.15, 0.2) is 0 Å². The summed E-state index contributed by atoms with van der Waals surface area (Å²) in [4.78, 5) is 0. The molecule has 0 saturated heterocycles. The molecular weight excluding hydrogens is 663 g/mol. The van der Waals surface area contributed by atoms with Crippen molar-refractivity contribution in [1.82, 2.24) is 0 Å². The molecule has 264 valence electrons. The molecule has 0 heterocycles. The molecule has 10 rings (SSSR count). The molecule has 1 unspecified atom stereocenters. The number of para-hydroxylation sites is 1. The normalized spacial score (nSPS) is 20.6. The van der Waals surface area contributed by atoms with Gasteiger partial charge in [0.1, 0.15) is 0 Å². The van der Waals surface area contributed by atoms with Crippen molar-refractivity contribution >= 4 is 22.9 Å². The van der Waals surface area contributed by atoms with Crippen LogP contribution in [0.5, 0.6) is 0 Å². The van der Waals surface area contributed by atoms with E-state index in [4.69, 9.17) is 0 Å². The highest BCUT2D eigenvalue weighted by Crippen LogP contribution is 2.58. The number of rotatable bonds is 6. The Kier molecular flexibility index (Phi) is 7.43. The van der Waals surface area contributed by atoms with Gasteiger partial charge in [-0.25, -0.2) is 0 Å². The molecule has 0 radical (unpaired) electrons. The van der Waals surface area contributed by atoms with Gasteiger partial charge in [-0.1, -0.05) is 173 Å². The van der Waals surface area contributed by atoms with Crippen molar-refractivity contribution in [2.75, 3.05) is 5.32 Å². The third-order valence-electron chi connectivity index (χ3n) is 12.7. The van der Waals surface area contributed by atoms with Crippen molar-refractivity contribution in [3.05, 3.63) is 243 Å². The van der Waals surface area contributed by atoms with Crippen LogP contribution >= 0.6 is 0 Å². The van der Waals surface area contributed by atoms with Crippen LogP contribution in [0.4, 0.5) is 5.69 Å². The molecule has 0 aliphatic heterocycles. The minimum Gasteiger partial charge on any atom is -0.362 e. The van der Waals surface area contributed by atoms with Crippen LogP contribution in [-0.2, 0) is 16.2 Å². The van der Waals surface area contributed by atoms with Crippen molar-refractivity contribution < 1.29 is 0 Å². The number of anilines is 1. The third kappa shape index (κ3) is 4.87. The molecule has 1 heteroatoms. The van der Waals surface area contributed by atoms with Crippen LogP contribution in [0.15, 0.2) is 193 Å². The van der Waals surface area contributed by atoms with Gasteiger partial charge in [-0.15, -0.1) is 5.73 Å². The lowest BCUT2D eigenvalue weighted by Gasteiger charge is -2.35. The topological polar surface area (TPSA) is 12.0 Å². The Hall–Kier alpha value is -6.40. The van der Waals surface area contributed by atoms with Crippen molar-refractivity contribution in [1.29, 1.82) is 0 Å². The summed E-state index contributed by atoms with van der Waals surface area (Å²) in [5.74, 6) is 0. The first-order valence-corrected chi connectivity index (χ1v) is 19.4. The van der Waals surface area contributed by atoms with Crippen LogP contribution in [0.25, 0.3) is 28.3 Å². The summed E-state index contributed by atoms with van der Waals surface area (Å²) in [6.07, 6.45) is 13.2. The van der Waals surface area contributed by atoms with Gasteiger partial charge >= 0.3 is 0 Å². The van der Waals surface area contributed by atoms with E-state index in [0.717, 1.165) is 5.69 Å². The van der Waals surface area contributed by atoms with Gasteiger partial charge in [-0.2, -0.15) is 0 Å². The molecule has 6 aromatic carbocycles. The van der Waals surface area contributed by atoms with E-state index < -0.39 is 5.41 Å². The SMILES string of the molecule is CC1(C)C(=C/c2ccc(C3(c4ccc5c(c4)C(C)(C)c4ccccc4-5)C4=C(C=C=C4)c4ccccc43)cc2)/C(=C\C=C\Nc2ccccc2)c2ccccc21. The van der Waals surface area contributed by atoms with E-state index in [1.54, 1.807) is 0 Å². The summed E-state index contributed by atoms with van der Waals surface area (Å²) in [6.45, 7) is 9.46. The molecule has 1 atom stereocenters. The van der Waals surface area contributed by atoms with Gasteiger partial charge in [0.05, 0.1) is 5.41 Å². The van der Waals surface area contributed by atoms with Crippen LogP contribution < -0.4 is 5.32 Å². The molecular formula is C54H43N.